The molecule has 92 valence electrons. The van der Waals surface area contributed by atoms with Crippen molar-refractivity contribution < 1.29 is 9.47 Å². The van der Waals surface area contributed by atoms with E-state index in [1.54, 1.807) is 7.11 Å². The van der Waals surface area contributed by atoms with Crippen LogP contribution < -0.4 is 4.74 Å². The van der Waals surface area contributed by atoms with E-state index in [4.69, 9.17) is 9.47 Å². The lowest BCUT2D eigenvalue weighted by molar-refractivity contribution is -0.0101. The lowest BCUT2D eigenvalue weighted by atomic mass is 10.1. The van der Waals surface area contributed by atoms with Crippen molar-refractivity contribution in [1.82, 2.24) is 4.90 Å². The Hall–Kier alpha value is -1.26. The number of halogens is 1. The van der Waals surface area contributed by atoms with Crippen LogP contribution >= 0.6 is 12.4 Å². The highest BCUT2D eigenvalue weighted by atomic mass is 35.5. The van der Waals surface area contributed by atoms with Gasteiger partial charge in [0.05, 0.1) is 26.6 Å². The highest BCUT2D eigenvalue weighted by Gasteiger charge is 2.28. The summed E-state index contributed by atoms with van der Waals surface area (Å²) in [5.41, 5.74) is 2.44. The highest BCUT2D eigenvalue weighted by molar-refractivity contribution is 5.85. The van der Waals surface area contributed by atoms with Crippen LogP contribution in [0, 0.1) is 0 Å². The smallest absolute Gasteiger partial charge is 0.157 e. The molecule has 0 aromatic heterocycles. The fraction of sp³-hybridized carbons (Fsp3) is 0.417. The number of hydrogen-bond acceptors (Lipinski definition) is 4. The van der Waals surface area contributed by atoms with Crippen LogP contribution in [0.15, 0.2) is 23.2 Å². The van der Waals surface area contributed by atoms with Gasteiger partial charge in [-0.2, -0.15) is 0 Å². The second kappa shape index (κ2) is 4.94. The normalized spacial score (nSPS) is 21.2. The summed E-state index contributed by atoms with van der Waals surface area (Å²) in [4.78, 5) is 6.35. The lowest BCUT2D eigenvalue weighted by Crippen LogP contribution is -2.25. The topological polar surface area (TPSA) is 34.1 Å². The Balaban J connectivity index is 0.00000108. The fourth-order valence-electron chi connectivity index (χ4n) is 2.18. The molecule has 0 saturated heterocycles. The van der Waals surface area contributed by atoms with Crippen molar-refractivity contribution >= 4 is 18.7 Å². The van der Waals surface area contributed by atoms with Crippen molar-refractivity contribution in [3.05, 3.63) is 29.3 Å². The molecule has 0 bridgehead atoms. The van der Waals surface area contributed by atoms with E-state index in [2.05, 4.69) is 16.0 Å². The van der Waals surface area contributed by atoms with E-state index in [0.717, 1.165) is 18.8 Å². The van der Waals surface area contributed by atoms with Gasteiger partial charge in [0.2, 0.25) is 0 Å². The molecule has 0 amide bonds. The molecule has 2 aliphatic rings. The fourth-order valence-corrected chi connectivity index (χ4v) is 2.18. The van der Waals surface area contributed by atoms with Crippen LogP contribution in [-0.4, -0.2) is 31.4 Å². The molecule has 0 radical (unpaired) electrons. The molecule has 17 heavy (non-hydrogen) atoms. The van der Waals surface area contributed by atoms with Crippen molar-refractivity contribution in [2.24, 2.45) is 4.99 Å². The Morgan fingerprint density at radius 3 is 3.06 bits per heavy atom. The number of nitrogens with zero attached hydrogens (tertiary/aromatic N) is 2. The van der Waals surface area contributed by atoms with Gasteiger partial charge in [-0.05, 0) is 17.7 Å². The summed E-state index contributed by atoms with van der Waals surface area (Å²) in [7, 11) is 1.68. The molecule has 0 aliphatic carbocycles. The van der Waals surface area contributed by atoms with Gasteiger partial charge in [-0.3, -0.25) is 4.99 Å². The zero-order valence-corrected chi connectivity index (χ0v) is 10.4. The predicted octanol–water partition coefficient (Wildman–Crippen LogP) is 1.99. The van der Waals surface area contributed by atoms with Gasteiger partial charge in [0, 0.05) is 12.1 Å². The minimum atomic E-state index is 0. The zero-order chi connectivity index (χ0) is 11.0. The average Bonchev–Trinajstić information content (AvgIpc) is 2.96. The number of ether oxygens (including phenoxy) is 2. The number of benzene rings is 1. The van der Waals surface area contributed by atoms with Gasteiger partial charge >= 0.3 is 0 Å². The second-order valence-corrected chi connectivity index (χ2v) is 3.99. The molecular weight excluding hydrogens is 240 g/mol. The Kier molecular flexibility index (Phi) is 3.54. The van der Waals surface area contributed by atoms with Gasteiger partial charge in [-0.1, -0.05) is 6.07 Å². The van der Waals surface area contributed by atoms with E-state index >= 15 is 0 Å². The number of hydrogen-bond donors (Lipinski definition) is 0. The number of fused-ring (bicyclic) bond motifs is 1. The van der Waals surface area contributed by atoms with Crippen molar-refractivity contribution in [3.63, 3.8) is 0 Å². The maximum Gasteiger partial charge on any atom is 0.157 e. The van der Waals surface area contributed by atoms with Gasteiger partial charge in [0.1, 0.15) is 5.75 Å². The first-order chi connectivity index (χ1) is 7.88. The minimum absolute atomic E-state index is 0. The summed E-state index contributed by atoms with van der Waals surface area (Å²) in [6, 6.07) is 6.11. The molecule has 1 atom stereocenters. The second-order valence-electron chi connectivity index (χ2n) is 3.99. The first-order valence-electron chi connectivity index (χ1n) is 5.42. The maximum absolute atomic E-state index is 5.79. The molecule has 2 aliphatic heterocycles. The SMILES string of the molecule is COc1ccc2c(c1)COC2N1C=NCC1.Cl. The van der Waals surface area contributed by atoms with Crippen molar-refractivity contribution in [2.45, 2.75) is 12.8 Å². The van der Waals surface area contributed by atoms with Crippen LogP contribution in [0.25, 0.3) is 0 Å². The summed E-state index contributed by atoms with van der Waals surface area (Å²) < 4.78 is 11.0. The quantitative estimate of drug-likeness (QED) is 0.810. The zero-order valence-electron chi connectivity index (χ0n) is 9.63. The van der Waals surface area contributed by atoms with E-state index in [0.29, 0.717) is 6.61 Å². The molecule has 2 heterocycles. The summed E-state index contributed by atoms with van der Waals surface area (Å²) in [5, 5.41) is 0. The van der Waals surface area contributed by atoms with Gasteiger partial charge < -0.3 is 14.4 Å². The van der Waals surface area contributed by atoms with Crippen molar-refractivity contribution in [2.75, 3.05) is 20.2 Å². The number of aliphatic imine (C=N–C) groups is 1. The van der Waals surface area contributed by atoms with E-state index in [1.807, 2.05) is 18.5 Å². The minimum Gasteiger partial charge on any atom is -0.497 e. The van der Waals surface area contributed by atoms with Gasteiger partial charge in [0.25, 0.3) is 0 Å². The lowest BCUT2D eigenvalue weighted by Gasteiger charge is -2.22. The van der Waals surface area contributed by atoms with Gasteiger partial charge in [-0.25, -0.2) is 0 Å². The Morgan fingerprint density at radius 1 is 1.47 bits per heavy atom. The van der Waals surface area contributed by atoms with E-state index in [1.165, 1.54) is 11.1 Å². The molecule has 4 nitrogen and oxygen atoms in total. The molecule has 5 heteroatoms. The van der Waals surface area contributed by atoms with Crippen LogP contribution in [0.5, 0.6) is 5.75 Å². The van der Waals surface area contributed by atoms with Gasteiger partial charge in [0.15, 0.2) is 6.23 Å². The summed E-state index contributed by atoms with van der Waals surface area (Å²) in [6.07, 6.45) is 1.91. The highest BCUT2D eigenvalue weighted by Crippen LogP contribution is 2.35. The molecule has 0 fully saturated rings. The molecule has 1 aromatic carbocycles. The number of rotatable bonds is 2. The third-order valence-electron chi connectivity index (χ3n) is 3.03. The van der Waals surface area contributed by atoms with Crippen LogP contribution in [0.2, 0.25) is 0 Å². The van der Waals surface area contributed by atoms with Gasteiger partial charge in [-0.15, -0.1) is 12.4 Å². The molecule has 0 saturated carbocycles. The first kappa shape index (κ1) is 12.2. The van der Waals surface area contributed by atoms with E-state index in [-0.39, 0.29) is 18.6 Å². The summed E-state index contributed by atoms with van der Waals surface area (Å²) in [5.74, 6) is 0.887. The largest absolute Gasteiger partial charge is 0.497 e. The monoisotopic (exact) mass is 254 g/mol. The number of methoxy groups -OCH3 is 1. The summed E-state index contributed by atoms with van der Waals surface area (Å²) >= 11 is 0. The maximum atomic E-state index is 5.79. The van der Waals surface area contributed by atoms with Crippen LogP contribution in [0.4, 0.5) is 0 Å². The van der Waals surface area contributed by atoms with Crippen LogP contribution in [0.1, 0.15) is 17.4 Å². The van der Waals surface area contributed by atoms with E-state index in [9.17, 15) is 0 Å². The average molecular weight is 255 g/mol. The van der Waals surface area contributed by atoms with Crippen molar-refractivity contribution in [3.8, 4) is 5.75 Å². The molecule has 1 unspecified atom stereocenters. The molecule has 3 rings (SSSR count). The third kappa shape index (κ3) is 2.10. The first-order valence-corrected chi connectivity index (χ1v) is 5.42. The van der Waals surface area contributed by atoms with E-state index < -0.39 is 0 Å². The summed E-state index contributed by atoms with van der Waals surface area (Å²) in [6.45, 7) is 2.46. The van der Waals surface area contributed by atoms with Crippen LogP contribution in [-0.2, 0) is 11.3 Å². The Bertz CT molecular complexity index is 437. The Morgan fingerprint density at radius 2 is 2.35 bits per heavy atom. The molecule has 0 N–H and O–H groups in total. The predicted molar refractivity (Wildman–Crippen MR) is 67.8 cm³/mol. The molecule has 1 aromatic rings. The standard InChI is InChI=1S/C12H14N2O2.ClH/c1-15-10-2-3-11-9(6-10)7-16-12(11)14-5-4-13-8-14;/h2-3,6,8,12H,4-5,7H2,1H3;1H. The Labute approximate surface area is 107 Å². The van der Waals surface area contributed by atoms with Crippen molar-refractivity contribution in [1.29, 1.82) is 0 Å². The molecule has 0 spiro atoms. The third-order valence-corrected chi connectivity index (χ3v) is 3.03. The van der Waals surface area contributed by atoms with Crippen LogP contribution in [0.3, 0.4) is 0 Å². The molecular formula is C12H15ClN2O2.